The lowest BCUT2D eigenvalue weighted by atomic mass is 10.0. The molecule has 2 N–H and O–H groups in total. The van der Waals surface area contributed by atoms with Crippen LogP contribution in [0.1, 0.15) is 18.5 Å². The summed E-state index contributed by atoms with van der Waals surface area (Å²) in [5, 5.41) is 11.3. The van der Waals surface area contributed by atoms with Crippen molar-refractivity contribution in [1.82, 2.24) is 5.32 Å². The van der Waals surface area contributed by atoms with Gasteiger partial charge in [0.15, 0.2) is 9.84 Å². The molecule has 1 fully saturated rings. The van der Waals surface area contributed by atoms with E-state index in [9.17, 15) is 13.2 Å². The molecule has 2 rings (SSSR count). The average molecular weight is 269 g/mol. The van der Waals surface area contributed by atoms with Crippen LogP contribution in [0.15, 0.2) is 30.3 Å². The van der Waals surface area contributed by atoms with Crippen LogP contribution in [0.25, 0.3) is 0 Å². The third-order valence-corrected chi connectivity index (χ3v) is 5.48. The molecular weight excluding hydrogens is 254 g/mol. The highest BCUT2D eigenvalue weighted by Gasteiger charge is 2.41. The minimum absolute atomic E-state index is 0.354. The van der Waals surface area contributed by atoms with E-state index in [1.165, 1.54) is 0 Å². The number of carboxylic acids is 1. The number of benzene rings is 1. The molecule has 0 saturated carbocycles. The second-order valence-corrected chi connectivity index (χ2v) is 6.88. The maximum atomic E-state index is 12.0. The molecular formula is C12H15NO4S. The van der Waals surface area contributed by atoms with Gasteiger partial charge in [-0.05, 0) is 12.5 Å². The molecule has 1 aromatic carbocycles. The van der Waals surface area contributed by atoms with Crippen LogP contribution in [0.3, 0.4) is 0 Å². The molecule has 1 aromatic rings. The molecule has 1 heterocycles. The van der Waals surface area contributed by atoms with E-state index in [0.29, 0.717) is 0 Å². The lowest BCUT2D eigenvalue weighted by Gasteiger charge is -2.34. The first-order chi connectivity index (χ1) is 8.42. The van der Waals surface area contributed by atoms with Crippen molar-refractivity contribution in [2.45, 2.75) is 24.3 Å². The molecule has 1 aliphatic heterocycles. The number of hydrogen-bond acceptors (Lipinski definition) is 4. The maximum absolute atomic E-state index is 12.0. The van der Waals surface area contributed by atoms with Crippen LogP contribution < -0.4 is 5.32 Å². The van der Waals surface area contributed by atoms with Gasteiger partial charge in [-0.1, -0.05) is 30.3 Å². The van der Waals surface area contributed by atoms with Gasteiger partial charge in [0, 0.05) is 6.04 Å². The van der Waals surface area contributed by atoms with Gasteiger partial charge in [-0.3, -0.25) is 10.1 Å². The van der Waals surface area contributed by atoms with Crippen molar-refractivity contribution in [3.63, 3.8) is 0 Å². The Bertz CT molecular complexity index is 540. The predicted octanol–water partition coefficient (Wildman–Crippen LogP) is 0.587. The van der Waals surface area contributed by atoms with Crippen molar-refractivity contribution in [3.05, 3.63) is 35.9 Å². The molecule has 0 amide bonds. The molecule has 18 heavy (non-hydrogen) atoms. The second kappa shape index (κ2) is 4.70. The van der Waals surface area contributed by atoms with E-state index in [2.05, 4.69) is 5.32 Å². The fourth-order valence-corrected chi connectivity index (χ4v) is 3.82. The minimum atomic E-state index is -3.40. The molecule has 0 aliphatic carbocycles. The topological polar surface area (TPSA) is 83.5 Å². The maximum Gasteiger partial charge on any atom is 0.321 e. The molecule has 0 bridgehead atoms. The molecule has 0 spiro atoms. The molecule has 98 valence electrons. The lowest BCUT2D eigenvalue weighted by Crippen LogP contribution is -2.54. The van der Waals surface area contributed by atoms with Gasteiger partial charge < -0.3 is 5.11 Å². The fraction of sp³-hybridized carbons (Fsp3) is 0.417. The van der Waals surface area contributed by atoms with Gasteiger partial charge in [0.05, 0.1) is 11.0 Å². The summed E-state index contributed by atoms with van der Waals surface area (Å²) in [7, 11) is -3.40. The Morgan fingerprint density at radius 3 is 2.50 bits per heavy atom. The Hall–Kier alpha value is -1.40. The largest absolute Gasteiger partial charge is 0.480 e. The summed E-state index contributed by atoms with van der Waals surface area (Å²) in [6.45, 7) is 1.61. The van der Waals surface area contributed by atoms with Crippen molar-refractivity contribution in [2.24, 2.45) is 0 Å². The van der Waals surface area contributed by atoms with Crippen LogP contribution in [-0.2, 0) is 14.6 Å². The lowest BCUT2D eigenvalue weighted by molar-refractivity contribution is -0.139. The van der Waals surface area contributed by atoms with Gasteiger partial charge in [0.1, 0.15) is 6.04 Å². The molecule has 0 radical (unpaired) electrons. The van der Waals surface area contributed by atoms with Crippen LogP contribution in [0.4, 0.5) is 0 Å². The summed E-state index contributed by atoms with van der Waals surface area (Å²) < 4.78 is 24.0. The van der Waals surface area contributed by atoms with E-state index in [0.717, 1.165) is 5.56 Å². The number of aliphatic carboxylic acids is 1. The van der Waals surface area contributed by atoms with E-state index in [1.54, 1.807) is 31.2 Å². The summed E-state index contributed by atoms with van der Waals surface area (Å²) in [6.07, 6.45) is 0. The smallest absolute Gasteiger partial charge is 0.321 e. The van der Waals surface area contributed by atoms with Crippen LogP contribution in [-0.4, -0.2) is 36.5 Å². The predicted molar refractivity (Wildman–Crippen MR) is 67.0 cm³/mol. The zero-order chi connectivity index (χ0) is 13.3. The van der Waals surface area contributed by atoms with Crippen molar-refractivity contribution in [2.75, 3.05) is 5.75 Å². The molecule has 1 saturated heterocycles. The molecule has 3 unspecified atom stereocenters. The third kappa shape index (κ3) is 2.39. The first kappa shape index (κ1) is 13.0. The Kier molecular flexibility index (Phi) is 3.41. The molecule has 1 aliphatic rings. The highest BCUT2D eigenvalue weighted by molar-refractivity contribution is 7.92. The molecule has 3 atom stereocenters. The number of sulfone groups is 1. The summed E-state index contributed by atoms with van der Waals surface area (Å²) in [6, 6.07) is 7.52. The van der Waals surface area contributed by atoms with Crippen LogP contribution in [0.2, 0.25) is 0 Å². The summed E-state index contributed by atoms with van der Waals surface area (Å²) in [5.41, 5.74) is 0.791. The Morgan fingerprint density at radius 2 is 1.94 bits per heavy atom. The number of carboxylic acid groups (broad SMARTS) is 1. The summed E-state index contributed by atoms with van der Waals surface area (Å²) in [4.78, 5) is 11.0. The minimum Gasteiger partial charge on any atom is -0.480 e. The van der Waals surface area contributed by atoms with E-state index < -0.39 is 33.1 Å². The van der Waals surface area contributed by atoms with Crippen molar-refractivity contribution in [1.29, 1.82) is 0 Å². The molecule has 6 heteroatoms. The zero-order valence-electron chi connectivity index (χ0n) is 9.91. The van der Waals surface area contributed by atoms with Gasteiger partial charge in [0.25, 0.3) is 0 Å². The highest BCUT2D eigenvalue weighted by atomic mass is 32.2. The Morgan fingerprint density at radius 1 is 1.33 bits per heavy atom. The quantitative estimate of drug-likeness (QED) is 0.821. The Labute approximate surface area is 106 Å². The molecule has 5 nitrogen and oxygen atoms in total. The van der Waals surface area contributed by atoms with Crippen LogP contribution in [0.5, 0.6) is 0 Å². The number of rotatable bonds is 2. The van der Waals surface area contributed by atoms with Gasteiger partial charge in [-0.2, -0.15) is 0 Å². The van der Waals surface area contributed by atoms with Crippen molar-refractivity contribution >= 4 is 15.8 Å². The number of hydrogen-bond donors (Lipinski definition) is 2. The van der Waals surface area contributed by atoms with Crippen molar-refractivity contribution in [3.8, 4) is 0 Å². The number of nitrogens with one attached hydrogen (secondary N) is 1. The van der Waals surface area contributed by atoms with Gasteiger partial charge in [-0.25, -0.2) is 8.42 Å². The standard InChI is InChI=1S/C12H15NO4S/c1-8-11(9-5-3-2-4-6-9)13-10(12(14)15)7-18(8,16)17/h2-6,8,10-11,13H,7H2,1H3,(H,14,15). The van der Waals surface area contributed by atoms with E-state index >= 15 is 0 Å². The second-order valence-electron chi connectivity index (χ2n) is 4.48. The van der Waals surface area contributed by atoms with Gasteiger partial charge in [-0.15, -0.1) is 0 Å². The monoisotopic (exact) mass is 269 g/mol. The first-order valence-electron chi connectivity index (χ1n) is 5.67. The SMILES string of the molecule is CC1C(c2ccccc2)NC(C(=O)O)CS1(=O)=O. The van der Waals surface area contributed by atoms with E-state index in [1.807, 2.05) is 6.07 Å². The summed E-state index contributed by atoms with van der Waals surface area (Å²) in [5.74, 6) is -1.49. The first-order valence-corrected chi connectivity index (χ1v) is 7.39. The van der Waals surface area contributed by atoms with E-state index in [4.69, 9.17) is 5.11 Å². The summed E-state index contributed by atoms with van der Waals surface area (Å²) >= 11 is 0. The third-order valence-electron chi connectivity index (χ3n) is 3.27. The number of carbonyl (C=O) groups is 1. The van der Waals surface area contributed by atoms with Crippen LogP contribution >= 0.6 is 0 Å². The zero-order valence-corrected chi connectivity index (χ0v) is 10.7. The highest BCUT2D eigenvalue weighted by Crippen LogP contribution is 2.27. The fourth-order valence-electron chi connectivity index (χ4n) is 2.16. The normalized spacial score (nSPS) is 30.8. The van der Waals surface area contributed by atoms with Gasteiger partial charge >= 0.3 is 5.97 Å². The van der Waals surface area contributed by atoms with Gasteiger partial charge in [0.2, 0.25) is 0 Å². The Balaban J connectivity index is 2.37. The van der Waals surface area contributed by atoms with Crippen molar-refractivity contribution < 1.29 is 18.3 Å². The van der Waals surface area contributed by atoms with E-state index in [-0.39, 0.29) is 5.75 Å². The average Bonchev–Trinajstić information content (AvgIpc) is 2.33. The molecule has 0 aromatic heterocycles. The van der Waals surface area contributed by atoms with Crippen LogP contribution in [0, 0.1) is 0 Å².